The van der Waals surface area contributed by atoms with Gasteiger partial charge >= 0.3 is 5.76 Å². The van der Waals surface area contributed by atoms with Crippen molar-refractivity contribution in [1.82, 2.24) is 10.1 Å². The molecule has 0 saturated carbocycles. The maximum atomic E-state index is 10.2. The van der Waals surface area contributed by atoms with E-state index in [1.807, 2.05) is 0 Å². The first-order valence-electron chi connectivity index (χ1n) is 2.44. The molecule has 1 unspecified atom stereocenters. The van der Waals surface area contributed by atoms with Crippen molar-refractivity contribution in [3.63, 3.8) is 0 Å². The van der Waals surface area contributed by atoms with E-state index >= 15 is 0 Å². The highest BCUT2D eigenvalue weighted by Crippen LogP contribution is 2.00. The van der Waals surface area contributed by atoms with Gasteiger partial charge in [0, 0.05) is 0 Å². The third-order valence-electron chi connectivity index (χ3n) is 0.853. The Labute approximate surface area is 50.3 Å². The molecule has 1 atom stereocenters. The average Bonchev–Trinajstić information content (AvgIpc) is 2.14. The van der Waals surface area contributed by atoms with Gasteiger partial charge in [0.1, 0.15) is 6.10 Å². The fourth-order valence-corrected chi connectivity index (χ4v) is 0.422. The Morgan fingerprint density at radius 2 is 2.56 bits per heavy atom. The summed E-state index contributed by atoms with van der Waals surface area (Å²) in [7, 11) is 0. The van der Waals surface area contributed by atoms with Crippen LogP contribution in [0.1, 0.15) is 18.9 Å². The molecule has 0 saturated heterocycles. The van der Waals surface area contributed by atoms with E-state index in [2.05, 4.69) is 14.7 Å². The summed E-state index contributed by atoms with van der Waals surface area (Å²) < 4.78 is 4.10. The van der Waals surface area contributed by atoms with Gasteiger partial charge in [-0.3, -0.25) is 9.51 Å². The van der Waals surface area contributed by atoms with E-state index in [0.29, 0.717) is 0 Å². The van der Waals surface area contributed by atoms with Crippen molar-refractivity contribution in [2.75, 3.05) is 0 Å². The molecule has 0 radical (unpaired) electrons. The monoisotopic (exact) mass is 130 g/mol. The Morgan fingerprint density at radius 3 is 2.78 bits per heavy atom. The van der Waals surface area contributed by atoms with E-state index in [1.54, 1.807) is 0 Å². The first-order valence-corrected chi connectivity index (χ1v) is 2.44. The molecule has 5 nitrogen and oxygen atoms in total. The molecule has 9 heavy (non-hydrogen) atoms. The van der Waals surface area contributed by atoms with E-state index in [-0.39, 0.29) is 5.82 Å². The molecule has 0 aliphatic heterocycles. The summed E-state index contributed by atoms with van der Waals surface area (Å²) in [4.78, 5) is 12.4. The fourth-order valence-electron chi connectivity index (χ4n) is 0.422. The highest BCUT2D eigenvalue weighted by molar-refractivity contribution is 4.81. The Morgan fingerprint density at radius 1 is 1.89 bits per heavy atom. The average molecular weight is 130 g/mol. The van der Waals surface area contributed by atoms with Crippen LogP contribution >= 0.6 is 0 Å². The molecule has 0 fully saturated rings. The van der Waals surface area contributed by atoms with Gasteiger partial charge in [0.15, 0.2) is 5.82 Å². The molecule has 0 amide bonds. The van der Waals surface area contributed by atoms with Gasteiger partial charge in [0.2, 0.25) is 0 Å². The minimum absolute atomic E-state index is 0.153. The standard InChI is InChI=1S/C4H6N2O3/c1-2(7)3-5-4(8)9-6-3/h2,7H,1H3,(H,5,6,8). The number of hydrogen-bond donors (Lipinski definition) is 2. The number of nitrogens with zero attached hydrogens (tertiary/aromatic N) is 1. The largest absolute Gasteiger partial charge is 0.438 e. The van der Waals surface area contributed by atoms with Crippen LogP contribution < -0.4 is 5.76 Å². The Hall–Kier alpha value is -1.10. The van der Waals surface area contributed by atoms with Crippen LogP contribution in [-0.2, 0) is 0 Å². The summed E-state index contributed by atoms with van der Waals surface area (Å²) in [5.41, 5.74) is 0. The lowest BCUT2D eigenvalue weighted by Gasteiger charge is -1.91. The van der Waals surface area contributed by atoms with Crippen LogP contribution in [0.3, 0.4) is 0 Å². The smallest absolute Gasteiger partial charge is 0.385 e. The normalized spacial score (nSPS) is 13.6. The van der Waals surface area contributed by atoms with Gasteiger partial charge in [0.25, 0.3) is 0 Å². The fraction of sp³-hybridized carbons (Fsp3) is 0.500. The lowest BCUT2D eigenvalue weighted by molar-refractivity contribution is 0.184. The van der Waals surface area contributed by atoms with Gasteiger partial charge in [0.05, 0.1) is 0 Å². The van der Waals surface area contributed by atoms with Crippen molar-refractivity contribution < 1.29 is 9.63 Å². The predicted molar refractivity (Wildman–Crippen MR) is 27.8 cm³/mol. The van der Waals surface area contributed by atoms with Crippen molar-refractivity contribution in [1.29, 1.82) is 0 Å². The minimum atomic E-state index is -0.781. The van der Waals surface area contributed by atoms with Gasteiger partial charge in [-0.25, -0.2) is 4.79 Å². The van der Waals surface area contributed by atoms with Crippen molar-refractivity contribution in [3.05, 3.63) is 16.4 Å². The zero-order chi connectivity index (χ0) is 6.85. The number of H-pyrrole nitrogens is 1. The zero-order valence-electron chi connectivity index (χ0n) is 4.79. The molecule has 1 aromatic heterocycles. The molecule has 1 aromatic rings. The minimum Gasteiger partial charge on any atom is -0.385 e. The molecule has 0 aliphatic rings. The molecule has 0 bridgehead atoms. The molecule has 50 valence electrons. The van der Waals surface area contributed by atoms with Gasteiger partial charge in [-0.2, -0.15) is 0 Å². The SMILES string of the molecule is CC(O)c1noc(=O)[nH]1. The number of aromatic amines is 1. The third-order valence-corrected chi connectivity index (χ3v) is 0.853. The van der Waals surface area contributed by atoms with Gasteiger partial charge in [-0.05, 0) is 6.92 Å². The van der Waals surface area contributed by atoms with Gasteiger partial charge in [-0.15, -0.1) is 0 Å². The summed E-state index contributed by atoms with van der Waals surface area (Å²) in [6.45, 7) is 1.48. The van der Waals surface area contributed by atoms with Crippen LogP contribution in [-0.4, -0.2) is 15.2 Å². The van der Waals surface area contributed by atoms with E-state index in [4.69, 9.17) is 5.11 Å². The van der Waals surface area contributed by atoms with Gasteiger partial charge in [-0.1, -0.05) is 5.16 Å². The molecule has 0 spiro atoms. The molecule has 5 heteroatoms. The molecule has 2 N–H and O–H groups in total. The topological polar surface area (TPSA) is 79.1 Å². The summed E-state index contributed by atoms with van der Waals surface area (Å²) in [6.07, 6.45) is -0.781. The van der Waals surface area contributed by atoms with Crippen LogP contribution in [0.15, 0.2) is 9.32 Å². The van der Waals surface area contributed by atoms with Crippen molar-refractivity contribution in [2.24, 2.45) is 0 Å². The Kier molecular flexibility index (Phi) is 1.35. The molecular formula is C4H6N2O3. The summed E-state index contributed by atoms with van der Waals surface area (Å²) in [5.74, 6) is -0.495. The van der Waals surface area contributed by atoms with Crippen molar-refractivity contribution >= 4 is 0 Å². The van der Waals surface area contributed by atoms with Crippen LogP contribution in [0.5, 0.6) is 0 Å². The lowest BCUT2D eigenvalue weighted by atomic mass is 10.4. The molecule has 1 rings (SSSR count). The first-order chi connectivity index (χ1) is 4.20. The van der Waals surface area contributed by atoms with Crippen LogP contribution in [0.4, 0.5) is 0 Å². The molecule has 1 heterocycles. The van der Waals surface area contributed by atoms with E-state index in [1.165, 1.54) is 6.92 Å². The lowest BCUT2D eigenvalue weighted by Crippen LogP contribution is -1.99. The zero-order valence-corrected chi connectivity index (χ0v) is 4.79. The summed E-state index contributed by atoms with van der Waals surface area (Å²) in [6, 6.07) is 0. The maximum Gasteiger partial charge on any atom is 0.438 e. The number of nitrogens with one attached hydrogen (secondary N) is 1. The van der Waals surface area contributed by atoms with E-state index < -0.39 is 11.9 Å². The summed E-state index contributed by atoms with van der Waals surface area (Å²) >= 11 is 0. The first kappa shape index (κ1) is 6.03. The quantitative estimate of drug-likeness (QED) is 0.532. The van der Waals surface area contributed by atoms with Crippen LogP contribution in [0.2, 0.25) is 0 Å². The number of aliphatic hydroxyl groups is 1. The number of rotatable bonds is 1. The predicted octanol–water partition coefficient (Wildman–Crippen LogP) is -0.584. The molecular weight excluding hydrogens is 124 g/mol. The summed E-state index contributed by atoms with van der Waals surface area (Å²) in [5, 5.41) is 12.0. The Bertz CT molecular complexity index is 236. The van der Waals surface area contributed by atoms with Crippen molar-refractivity contribution in [3.8, 4) is 0 Å². The third kappa shape index (κ3) is 1.17. The van der Waals surface area contributed by atoms with Crippen LogP contribution in [0.25, 0.3) is 0 Å². The number of hydrogen-bond acceptors (Lipinski definition) is 4. The van der Waals surface area contributed by atoms with E-state index in [0.717, 1.165) is 0 Å². The highest BCUT2D eigenvalue weighted by Gasteiger charge is 2.04. The number of aliphatic hydroxyl groups excluding tert-OH is 1. The second kappa shape index (κ2) is 2.02. The number of aromatic nitrogens is 2. The van der Waals surface area contributed by atoms with E-state index in [9.17, 15) is 4.79 Å². The van der Waals surface area contributed by atoms with Gasteiger partial charge < -0.3 is 5.11 Å². The van der Waals surface area contributed by atoms with Crippen molar-refractivity contribution in [2.45, 2.75) is 13.0 Å². The Balaban J connectivity index is 2.98. The van der Waals surface area contributed by atoms with Crippen LogP contribution in [0, 0.1) is 0 Å². The molecule has 0 aliphatic carbocycles. The highest BCUT2D eigenvalue weighted by atomic mass is 16.5. The second-order valence-electron chi connectivity index (χ2n) is 1.66. The maximum absolute atomic E-state index is 10.2. The second-order valence-corrected chi connectivity index (χ2v) is 1.66. The molecule has 0 aromatic carbocycles.